The Hall–Kier alpha value is -2.52. The van der Waals surface area contributed by atoms with E-state index in [1.807, 2.05) is 33.8 Å². The van der Waals surface area contributed by atoms with E-state index in [2.05, 4.69) is 11.6 Å². The third-order valence-corrected chi connectivity index (χ3v) is 5.96. The summed E-state index contributed by atoms with van der Waals surface area (Å²) in [4.78, 5) is 25.6. The Morgan fingerprint density at radius 3 is 2.29 bits per heavy atom. The molecule has 0 spiro atoms. The fourth-order valence-electron chi connectivity index (χ4n) is 3.03. The van der Waals surface area contributed by atoms with Crippen molar-refractivity contribution in [3.8, 4) is 22.7 Å². The molecule has 0 saturated carbocycles. The van der Waals surface area contributed by atoms with Gasteiger partial charge in [-0.25, -0.2) is 4.39 Å². The van der Waals surface area contributed by atoms with Crippen molar-refractivity contribution in [3.63, 3.8) is 0 Å². The standard InChI is InChI=1S/C23H27FNO5P/c1-14(2)21-12-20(16-5-7-17(24)8-6-16)19(23(25-21)15(3)4)9-10-31(29,30)13-18(26)11-22(27)28/h5-8,12,14-15,18,26H,11,13H2,1-4H3,(H,27,28)(H,29,30)/t18-/m0/s1. The predicted octanol–water partition coefficient (Wildman–Crippen LogP) is 4.55. The molecule has 1 unspecified atom stereocenters. The number of benzene rings is 1. The van der Waals surface area contributed by atoms with Crippen molar-refractivity contribution in [1.82, 2.24) is 4.98 Å². The minimum absolute atomic E-state index is 0.0436. The van der Waals surface area contributed by atoms with Crippen molar-refractivity contribution in [2.45, 2.75) is 52.1 Å². The van der Waals surface area contributed by atoms with Gasteiger partial charge in [-0.15, -0.1) is 0 Å². The molecule has 2 rings (SSSR count). The van der Waals surface area contributed by atoms with Crippen LogP contribution in [-0.4, -0.2) is 38.3 Å². The number of aliphatic hydroxyl groups excluding tert-OH is 1. The first kappa shape index (κ1) is 24.7. The van der Waals surface area contributed by atoms with Gasteiger partial charge in [0.05, 0.1) is 29.9 Å². The van der Waals surface area contributed by atoms with Crippen LogP contribution < -0.4 is 0 Å². The summed E-state index contributed by atoms with van der Waals surface area (Å²) in [6.45, 7) is 7.86. The van der Waals surface area contributed by atoms with Crippen molar-refractivity contribution in [3.05, 3.63) is 53.1 Å². The second kappa shape index (κ2) is 10.2. The zero-order valence-corrected chi connectivity index (χ0v) is 18.9. The average molecular weight is 447 g/mol. The van der Waals surface area contributed by atoms with Crippen LogP contribution in [0.2, 0.25) is 0 Å². The molecular weight excluding hydrogens is 420 g/mol. The van der Waals surface area contributed by atoms with E-state index in [1.54, 1.807) is 12.1 Å². The van der Waals surface area contributed by atoms with E-state index in [-0.39, 0.29) is 17.7 Å². The average Bonchev–Trinajstić information content (AvgIpc) is 2.65. The number of nitrogens with zero attached hydrogens (tertiary/aromatic N) is 1. The monoisotopic (exact) mass is 447 g/mol. The lowest BCUT2D eigenvalue weighted by molar-refractivity contribution is -0.138. The molecule has 0 amide bonds. The molecule has 0 fully saturated rings. The maximum atomic E-state index is 13.5. The Morgan fingerprint density at radius 2 is 1.77 bits per heavy atom. The molecule has 1 heterocycles. The highest BCUT2D eigenvalue weighted by Gasteiger charge is 2.23. The number of hydrogen-bond donors (Lipinski definition) is 3. The van der Waals surface area contributed by atoms with Crippen LogP contribution in [0.3, 0.4) is 0 Å². The summed E-state index contributed by atoms with van der Waals surface area (Å²) in [6, 6.07) is 7.72. The summed E-state index contributed by atoms with van der Waals surface area (Å²) in [7, 11) is -4.13. The van der Waals surface area contributed by atoms with Crippen LogP contribution in [0.5, 0.6) is 0 Å². The van der Waals surface area contributed by atoms with Crippen LogP contribution in [0, 0.1) is 17.4 Å². The number of carboxylic acids is 1. The van der Waals surface area contributed by atoms with Gasteiger partial charge < -0.3 is 15.1 Å². The zero-order chi connectivity index (χ0) is 23.3. The fraction of sp³-hybridized carbons (Fsp3) is 0.391. The maximum Gasteiger partial charge on any atom is 0.305 e. The number of carboxylic acid groups (broad SMARTS) is 1. The van der Waals surface area contributed by atoms with Crippen LogP contribution in [0.25, 0.3) is 11.1 Å². The Balaban J connectivity index is 2.63. The fourth-order valence-corrected chi connectivity index (χ4v) is 4.11. The van der Waals surface area contributed by atoms with Crippen LogP contribution in [0.15, 0.2) is 30.3 Å². The Morgan fingerprint density at radius 1 is 1.16 bits per heavy atom. The van der Waals surface area contributed by atoms with Crippen LogP contribution in [0.1, 0.15) is 62.9 Å². The van der Waals surface area contributed by atoms with Crippen molar-refractivity contribution < 1.29 is 28.9 Å². The molecule has 1 aromatic heterocycles. The van der Waals surface area contributed by atoms with E-state index in [4.69, 9.17) is 10.1 Å². The number of aliphatic hydroxyl groups is 1. The lowest BCUT2D eigenvalue weighted by Gasteiger charge is -2.17. The molecule has 0 bridgehead atoms. The Labute approximate surface area is 181 Å². The molecule has 0 aliphatic rings. The maximum absolute atomic E-state index is 13.5. The van der Waals surface area contributed by atoms with E-state index < -0.39 is 32.0 Å². The van der Waals surface area contributed by atoms with Gasteiger partial charge in [0.25, 0.3) is 7.37 Å². The van der Waals surface area contributed by atoms with Gasteiger partial charge in [-0.2, -0.15) is 0 Å². The second-order valence-electron chi connectivity index (χ2n) is 8.04. The molecule has 1 aromatic carbocycles. The van der Waals surface area contributed by atoms with Crippen LogP contribution in [0.4, 0.5) is 4.39 Å². The van der Waals surface area contributed by atoms with Crippen molar-refractivity contribution >= 4 is 13.3 Å². The third-order valence-electron chi connectivity index (χ3n) is 4.58. The van der Waals surface area contributed by atoms with Crippen molar-refractivity contribution in [2.75, 3.05) is 6.16 Å². The molecule has 31 heavy (non-hydrogen) atoms. The van der Waals surface area contributed by atoms with E-state index in [9.17, 15) is 23.7 Å². The normalized spacial score (nSPS) is 14.1. The van der Waals surface area contributed by atoms with Gasteiger partial charge in [0.1, 0.15) is 5.82 Å². The summed E-state index contributed by atoms with van der Waals surface area (Å²) in [5.74, 6) is 1.19. The topological polar surface area (TPSA) is 108 Å². The highest BCUT2D eigenvalue weighted by Crippen LogP contribution is 2.41. The minimum Gasteiger partial charge on any atom is -0.481 e. The van der Waals surface area contributed by atoms with Gasteiger partial charge >= 0.3 is 5.97 Å². The van der Waals surface area contributed by atoms with Gasteiger partial charge in [0, 0.05) is 11.3 Å². The Bertz CT molecular complexity index is 1050. The summed E-state index contributed by atoms with van der Waals surface area (Å²) in [5, 5.41) is 18.5. The number of halogens is 1. The first-order chi connectivity index (χ1) is 14.4. The summed E-state index contributed by atoms with van der Waals surface area (Å²) in [6.07, 6.45) is -2.77. The minimum atomic E-state index is -4.13. The van der Waals surface area contributed by atoms with Gasteiger partial charge in [-0.05, 0) is 41.3 Å². The molecule has 0 aliphatic carbocycles. The number of hydrogen-bond acceptors (Lipinski definition) is 4. The van der Waals surface area contributed by atoms with E-state index in [0.29, 0.717) is 22.4 Å². The molecule has 6 nitrogen and oxygen atoms in total. The first-order valence-electron chi connectivity index (χ1n) is 9.95. The predicted molar refractivity (Wildman–Crippen MR) is 118 cm³/mol. The lowest BCUT2D eigenvalue weighted by Crippen LogP contribution is -2.17. The zero-order valence-electron chi connectivity index (χ0n) is 18.0. The van der Waals surface area contributed by atoms with E-state index in [0.717, 1.165) is 5.69 Å². The van der Waals surface area contributed by atoms with Crippen molar-refractivity contribution in [2.24, 2.45) is 0 Å². The molecular formula is C23H27FNO5P. The number of rotatable bonds is 7. The number of carbonyl (C=O) groups is 1. The number of pyridine rings is 1. The van der Waals surface area contributed by atoms with Gasteiger partial charge in [-0.3, -0.25) is 14.3 Å². The van der Waals surface area contributed by atoms with Crippen LogP contribution >= 0.6 is 7.37 Å². The quantitative estimate of drug-likeness (QED) is 0.425. The van der Waals surface area contributed by atoms with E-state index in [1.165, 1.54) is 12.1 Å². The van der Waals surface area contributed by atoms with Crippen LogP contribution in [-0.2, 0) is 9.36 Å². The van der Waals surface area contributed by atoms with Gasteiger partial charge in [0.2, 0.25) is 0 Å². The number of aliphatic carboxylic acids is 1. The molecule has 2 atom stereocenters. The molecule has 2 aromatic rings. The third kappa shape index (κ3) is 7.00. The van der Waals surface area contributed by atoms with Gasteiger partial charge in [0.15, 0.2) is 0 Å². The molecule has 0 saturated heterocycles. The lowest BCUT2D eigenvalue weighted by atomic mass is 9.92. The molecule has 3 N–H and O–H groups in total. The largest absolute Gasteiger partial charge is 0.481 e. The molecule has 0 radical (unpaired) electrons. The summed E-state index contributed by atoms with van der Waals surface area (Å²) >= 11 is 0. The molecule has 0 aliphatic heterocycles. The SMILES string of the molecule is CC(C)c1cc(-c2ccc(F)cc2)c(C#CP(=O)(O)C[C@@H](O)CC(=O)O)c(C(C)C)n1. The summed E-state index contributed by atoms with van der Waals surface area (Å²) in [5.41, 5.74) is 5.61. The van der Waals surface area contributed by atoms with Gasteiger partial charge in [-0.1, -0.05) is 45.7 Å². The number of aromatic nitrogens is 1. The highest BCUT2D eigenvalue weighted by atomic mass is 31.2. The molecule has 8 heteroatoms. The molecule has 166 valence electrons. The van der Waals surface area contributed by atoms with Crippen molar-refractivity contribution in [1.29, 1.82) is 0 Å². The summed E-state index contributed by atoms with van der Waals surface area (Å²) < 4.78 is 25.9. The highest BCUT2D eigenvalue weighted by molar-refractivity contribution is 7.63. The smallest absolute Gasteiger partial charge is 0.305 e. The second-order valence-corrected chi connectivity index (χ2v) is 10.0. The van der Waals surface area contributed by atoms with E-state index >= 15 is 0 Å². The first-order valence-corrected chi connectivity index (χ1v) is 11.8. The Kier molecular flexibility index (Phi) is 8.14.